The lowest BCUT2D eigenvalue weighted by molar-refractivity contribution is -0.143. The van der Waals surface area contributed by atoms with E-state index in [9.17, 15) is 9.59 Å². The van der Waals surface area contributed by atoms with Gasteiger partial charge in [0, 0.05) is 23.5 Å². The van der Waals surface area contributed by atoms with E-state index in [1.165, 1.54) is 0 Å². The molecule has 0 radical (unpaired) electrons. The molecule has 0 fully saturated rings. The zero-order chi connectivity index (χ0) is 26.1. The third-order valence-corrected chi connectivity index (χ3v) is 6.74. The van der Waals surface area contributed by atoms with Crippen molar-refractivity contribution < 1.29 is 14.3 Å². The lowest BCUT2D eigenvalue weighted by atomic mass is 10.0. The first kappa shape index (κ1) is 27.8. The molecule has 0 saturated heterocycles. The molecule has 3 aromatic rings. The molecule has 1 N–H and O–H groups in total. The Hall–Kier alpha value is -2.83. The summed E-state index contributed by atoms with van der Waals surface area (Å²) in [5.41, 5.74) is 3.00. The van der Waals surface area contributed by atoms with Gasteiger partial charge in [-0.25, -0.2) is 0 Å². The molecule has 190 valence electrons. The average Bonchev–Trinajstić information content (AvgIpc) is 2.86. The minimum absolute atomic E-state index is 0.00971. The molecule has 0 aliphatic rings. The van der Waals surface area contributed by atoms with E-state index >= 15 is 0 Å². The van der Waals surface area contributed by atoms with E-state index in [-0.39, 0.29) is 31.0 Å². The molecule has 0 aliphatic heterocycles. The van der Waals surface area contributed by atoms with Crippen LogP contribution in [0.1, 0.15) is 37.0 Å². The van der Waals surface area contributed by atoms with Crippen molar-refractivity contribution in [3.63, 3.8) is 0 Å². The van der Waals surface area contributed by atoms with Crippen molar-refractivity contribution in [2.24, 2.45) is 0 Å². The third kappa shape index (κ3) is 8.10. The molecular weight excluding hydrogens is 540 g/mol. The van der Waals surface area contributed by atoms with Gasteiger partial charge < -0.3 is 15.0 Å². The summed E-state index contributed by atoms with van der Waals surface area (Å²) < 4.78 is 6.62. The number of halogens is 2. The van der Waals surface area contributed by atoms with E-state index in [2.05, 4.69) is 21.2 Å². The molecule has 0 aromatic heterocycles. The Morgan fingerprint density at radius 1 is 1.03 bits per heavy atom. The quantitative estimate of drug-likeness (QED) is 0.292. The average molecular weight is 572 g/mol. The Labute approximate surface area is 226 Å². The number of amides is 2. The molecular formula is C29H32BrClN2O3. The largest absolute Gasteiger partial charge is 0.482 e. The molecule has 0 spiro atoms. The number of benzene rings is 3. The van der Waals surface area contributed by atoms with E-state index in [1.807, 2.05) is 75.4 Å². The maximum absolute atomic E-state index is 13.6. The number of aryl methyl sites for hydroxylation is 1. The number of nitrogens with zero attached hydrogens (tertiary/aromatic N) is 1. The Kier molecular flexibility index (Phi) is 10.4. The molecule has 0 bridgehead atoms. The molecule has 0 saturated carbocycles. The Balaban J connectivity index is 1.92. The summed E-state index contributed by atoms with van der Waals surface area (Å²) in [5, 5.41) is 3.47. The highest BCUT2D eigenvalue weighted by molar-refractivity contribution is 9.10. The summed E-state index contributed by atoms with van der Waals surface area (Å²) in [7, 11) is 0. The van der Waals surface area contributed by atoms with Gasteiger partial charge in [-0.05, 0) is 49.6 Å². The number of ether oxygens (including phenoxy) is 1. The molecule has 36 heavy (non-hydrogen) atoms. The van der Waals surface area contributed by atoms with Crippen LogP contribution in [0.4, 0.5) is 0 Å². The monoisotopic (exact) mass is 570 g/mol. The Morgan fingerprint density at radius 2 is 1.75 bits per heavy atom. The second-order valence-electron chi connectivity index (χ2n) is 8.90. The molecule has 0 unspecified atom stereocenters. The van der Waals surface area contributed by atoms with Crippen LogP contribution in [0.3, 0.4) is 0 Å². The van der Waals surface area contributed by atoms with Crippen LogP contribution in [0, 0.1) is 6.92 Å². The van der Waals surface area contributed by atoms with Gasteiger partial charge in [0.15, 0.2) is 6.61 Å². The van der Waals surface area contributed by atoms with Gasteiger partial charge in [0.25, 0.3) is 5.91 Å². The summed E-state index contributed by atoms with van der Waals surface area (Å²) in [6.45, 7) is 6.02. The lowest BCUT2D eigenvalue weighted by Gasteiger charge is -2.32. The highest BCUT2D eigenvalue weighted by Gasteiger charge is 2.31. The number of carbonyl (C=O) groups excluding carboxylic acids is 2. The van der Waals surface area contributed by atoms with Gasteiger partial charge in [-0.2, -0.15) is 0 Å². The summed E-state index contributed by atoms with van der Waals surface area (Å²) in [4.78, 5) is 28.8. The molecule has 0 aliphatic carbocycles. The van der Waals surface area contributed by atoms with Gasteiger partial charge in [0.1, 0.15) is 11.8 Å². The van der Waals surface area contributed by atoms with Crippen molar-refractivity contribution in [3.05, 3.63) is 99.0 Å². The van der Waals surface area contributed by atoms with E-state index in [1.54, 1.807) is 23.1 Å². The van der Waals surface area contributed by atoms with Crippen LogP contribution in [-0.4, -0.2) is 35.4 Å². The number of hydrogen-bond acceptors (Lipinski definition) is 3. The van der Waals surface area contributed by atoms with Gasteiger partial charge in [-0.3, -0.25) is 9.59 Å². The first-order chi connectivity index (χ1) is 17.3. The first-order valence-corrected chi connectivity index (χ1v) is 13.2. The van der Waals surface area contributed by atoms with Crippen LogP contribution >= 0.6 is 27.5 Å². The molecule has 7 heteroatoms. The van der Waals surface area contributed by atoms with Crippen molar-refractivity contribution in [3.8, 4) is 5.75 Å². The number of nitrogens with one attached hydrogen (secondary N) is 1. The lowest BCUT2D eigenvalue weighted by Crippen LogP contribution is -2.53. The molecule has 0 heterocycles. The van der Waals surface area contributed by atoms with Crippen LogP contribution in [0.5, 0.6) is 5.75 Å². The number of rotatable bonds is 11. The predicted molar refractivity (Wildman–Crippen MR) is 148 cm³/mol. The highest BCUT2D eigenvalue weighted by atomic mass is 79.9. The maximum Gasteiger partial charge on any atom is 0.261 e. The summed E-state index contributed by atoms with van der Waals surface area (Å²) in [5.74, 6) is -0.0704. The molecule has 5 nitrogen and oxygen atoms in total. The predicted octanol–water partition coefficient (Wildman–Crippen LogP) is 6.34. The van der Waals surface area contributed by atoms with Crippen molar-refractivity contribution in [1.82, 2.24) is 10.2 Å². The fourth-order valence-corrected chi connectivity index (χ4v) is 4.54. The molecule has 3 aromatic carbocycles. The van der Waals surface area contributed by atoms with Crippen LogP contribution in [0.25, 0.3) is 0 Å². The summed E-state index contributed by atoms with van der Waals surface area (Å²) >= 11 is 9.66. The molecule has 2 amide bonds. The van der Waals surface area contributed by atoms with Gasteiger partial charge >= 0.3 is 0 Å². The van der Waals surface area contributed by atoms with Gasteiger partial charge in [-0.1, -0.05) is 94.6 Å². The van der Waals surface area contributed by atoms with Crippen LogP contribution in [-0.2, 0) is 22.6 Å². The van der Waals surface area contributed by atoms with Crippen molar-refractivity contribution in [2.75, 3.05) is 6.61 Å². The van der Waals surface area contributed by atoms with Gasteiger partial charge in [0.05, 0.1) is 5.02 Å². The van der Waals surface area contributed by atoms with Gasteiger partial charge in [-0.15, -0.1) is 0 Å². The molecule has 3 rings (SSSR count). The fraction of sp³-hybridized carbons (Fsp3) is 0.310. The van der Waals surface area contributed by atoms with E-state index < -0.39 is 6.04 Å². The highest BCUT2D eigenvalue weighted by Crippen LogP contribution is 2.28. The summed E-state index contributed by atoms with van der Waals surface area (Å²) in [6, 6.07) is 22.2. The van der Waals surface area contributed by atoms with Crippen LogP contribution in [0.15, 0.2) is 77.3 Å². The van der Waals surface area contributed by atoms with Crippen molar-refractivity contribution in [2.45, 2.75) is 52.2 Å². The normalized spacial score (nSPS) is 12.5. The smallest absolute Gasteiger partial charge is 0.261 e. The number of carbonyl (C=O) groups is 2. The minimum Gasteiger partial charge on any atom is -0.482 e. The zero-order valence-electron chi connectivity index (χ0n) is 20.8. The van der Waals surface area contributed by atoms with Crippen LogP contribution in [0.2, 0.25) is 5.02 Å². The molecule has 2 atom stereocenters. The first-order valence-electron chi connectivity index (χ1n) is 12.0. The van der Waals surface area contributed by atoms with E-state index in [4.69, 9.17) is 16.3 Å². The van der Waals surface area contributed by atoms with E-state index in [0.717, 1.165) is 27.6 Å². The van der Waals surface area contributed by atoms with Crippen LogP contribution < -0.4 is 10.1 Å². The maximum atomic E-state index is 13.6. The third-order valence-electron chi connectivity index (χ3n) is 5.95. The second-order valence-corrected chi connectivity index (χ2v) is 10.2. The van der Waals surface area contributed by atoms with Gasteiger partial charge in [0.2, 0.25) is 5.91 Å². The van der Waals surface area contributed by atoms with Crippen molar-refractivity contribution >= 4 is 39.3 Å². The number of hydrogen-bond donors (Lipinski definition) is 1. The standard InChI is InChI=1S/C29H32BrClN2O3/c1-4-21(3)32-29(35)26(16-22-10-6-5-7-11-22)33(18-23-12-8-9-20(2)15-23)28(34)19-36-27-14-13-24(30)17-25(27)31/h5-15,17,21,26H,4,16,18-19H2,1-3H3,(H,32,35)/t21-,26+/m0/s1. The topological polar surface area (TPSA) is 58.6 Å². The Morgan fingerprint density at radius 3 is 2.42 bits per heavy atom. The minimum atomic E-state index is -0.710. The Bertz CT molecular complexity index is 1170. The second kappa shape index (κ2) is 13.5. The SMILES string of the molecule is CC[C@H](C)NC(=O)[C@@H](Cc1ccccc1)N(Cc1cccc(C)c1)C(=O)COc1ccc(Br)cc1Cl. The fourth-order valence-electron chi connectivity index (χ4n) is 3.82. The van der Waals surface area contributed by atoms with E-state index in [0.29, 0.717) is 17.2 Å². The zero-order valence-corrected chi connectivity index (χ0v) is 23.2. The summed E-state index contributed by atoms with van der Waals surface area (Å²) in [6.07, 6.45) is 1.18. The van der Waals surface area contributed by atoms with Crippen molar-refractivity contribution in [1.29, 1.82) is 0 Å².